The maximum Gasteiger partial charge on any atom is 0.249 e. The van der Waals surface area contributed by atoms with Crippen molar-refractivity contribution in [3.05, 3.63) is 11.8 Å². The number of amides is 1. The predicted molar refractivity (Wildman–Crippen MR) is 98.6 cm³/mol. The van der Waals surface area contributed by atoms with Crippen LogP contribution in [0.25, 0.3) is 0 Å². The lowest BCUT2D eigenvalue weighted by Crippen LogP contribution is -3.00. The molecule has 5 N–H and O–H groups in total. The van der Waals surface area contributed by atoms with Gasteiger partial charge in [-0.05, 0) is 0 Å². The highest BCUT2D eigenvalue weighted by Crippen LogP contribution is 1.86. The van der Waals surface area contributed by atoms with E-state index in [2.05, 4.69) is 5.32 Å². The van der Waals surface area contributed by atoms with Crippen molar-refractivity contribution in [2.24, 2.45) is 11.5 Å². The average Bonchev–Trinajstić information content (AvgIpc) is 1.99. The molecule has 0 aromatic rings. The number of halogens is 4. The van der Waals surface area contributed by atoms with Crippen LogP contribution in [0.2, 0.25) is 0 Å². The lowest BCUT2D eigenvalue weighted by molar-refractivity contribution is -0.872. The zero-order valence-corrected chi connectivity index (χ0v) is 19.3. The Kier molecular flexibility index (Phi) is 29.3. The van der Waals surface area contributed by atoms with Crippen LogP contribution in [0.4, 0.5) is 0 Å². The van der Waals surface area contributed by atoms with Crippen molar-refractivity contribution in [2.45, 2.75) is 0 Å². The van der Waals surface area contributed by atoms with Gasteiger partial charge in [0.2, 0.25) is 5.91 Å². The number of nitrogens with two attached hydrogens (primary N) is 2. The zero-order valence-electron chi connectivity index (χ0n) is 10.1. The Labute approximate surface area is 172 Å². The van der Waals surface area contributed by atoms with E-state index in [1.807, 2.05) is 21.1 Å². The molecule has 0 saturated carbocycles. The molecule has 0 aliphatic rings. The van der Waals surface area contributed by atoms with Gasteiger partial charge in [-0.15, -0.1) is 71.9 Å². The van der Waals surface area contributed by atoms with Crippen LogP contribution in [0, 0.1) is 0 Å². The van der Waals surface area contributed by atoms with E-state index in [1.165, 1.54) is 6.08 Å². The maximum absolute atomic E-state index is 11.1. The minimum atomic E-state index is -0.198. The molecule has 108 valence electrons. The summed E-state index contributed by atoms with van der Waals surface area (Å²) in [6.45, 7) is 0.769. The number of hydrogen-bond acceptors (Lipinski definition) is 3. The van der Waals surface area contributed by atoms with E-state index in [0.717, 1.165) is 0 Å². The molecule has 0 fully saturated rings. The second kappa shape index (κ2) is 15.9. The molecular weight excluding hydrogens is 676 g/mol. The van der Waals surface area contributed by atoms with Crippen molar-refractivity contribution in [2.75, 3.05) is 34.4 Å². The molecule has 0 saturated heterocycles. The van der Waals surface area contributed by atoms with E-state index < -0.39 is 0 Å². The molecule has 0 aliphatic carbocycles. The van der Waals surface area contributed by atoms with Crippen molar-refractivity contribution >= 4 is 77.8 Å². The lowest BCUT2D eigenvalue weighted by atomic mass is 10.4. The molecule has 0 spiro atoms. The first-order valence-corrected chi connectivity index (χ1v) is 4.09. The molecule has 0 aromatic carbocycles. The summed E-state index contributed by atoms with van der Waals surface area (Å²) in [6, 6.07) is 0. The number of quaternary nitrogens is 1. The van der Waals surface area contributed by atoms with Crippen LogP contribution >= 0.6 is 71.9 Å². The first-order valence-electron chi connectivity index (χ1n) is 4.09. The molecule has 0 aromatic heterocycles. The summed E-state index contributed by atoms with van der Waals surface area (Å²) < 4.78 is 0.669. The van der Waals surface area contributed by atoms with Crippen LogP contribution in [0.1, 0.15) is 0 Å². The molecular formula is C8H22I4N4O. The molecule has 0 rings (SSSR count). The van der Waals surface area contributed by atoms with Crippen LogP contribution in [0.5, 0.6) is 0 Å². The standard InChI is InChI=1S/C8H18N4O.4HI/c1-12(2,3)6-11-8(13)4-7(10)5-9;;;;/h4H,5-6,9H2,1-3H3,(H2-,10,11,13);4*1H. The Bertz CT molecular complexity index is 218. The van der Waals surface area contributed by atoms with Gasteiger partial charge in [-0.2, -0.15) is 0 Å². The molecule has 1 amide bonds. The number of hydrogen-bond donors (Lipinski definition) is 3. The molecule has 0 unspecified atom stereocenters. The third kappa shape index (κ3) is 23.4. The maximum atomic E-state index is 11.1. The molecule has 0 aliphatic heterocycles. The SMILES string of the molecule is C[N+](C)(C)CNC(=O)C=C(N)CN.I.I.I.[I-]. The summed E-state index contributed by atoms with van der Waals surface area (Å²) in [7, 11) is 5.95. The fourth-order valence-corrected chi connectivity index (χ4v) is 0.593. The fourth-order valence-electron chi connectivity index (χ4n) is 0.593. The Morgan fingerprint density at radius 2 is 1.65 bits per heavy atom. The summed E-state index contributed by atoms with van der Waals surface area (Å²) in [4.78, 5) is 11.1. The summed E-state index contributed by atoms with van der Waals surface area (Å²) in [5.41, 5.74) is 11.0. The highest BCUT2D eigenvalue weighted by Gasteiger charge is 2.07. The third-order valence-corrected chi connectivity index (χ3v) is 1.28. The zero-order chi connectivity index (χ0) is 10.5. The van der Waals surface area contributed by atoms with Gasteiger partial charge in [0, 0.05) is 18.3 Å². The van der Waals surface area contributed by atoms with Crippen LogP contribution in [-0.4, -0.2) is 44.7 Å². The predicted octanol–water partition coefficient (Wildman–Crippen LogP) is -2.57. The normalized spacial score (nSPS) is 9.76. The fraction of sp³-hybridized carbons (Fsp3) is 0.625. The molecule has 5 nitrogen and oxygen atoms in total. The van der Waals surface area contributed by atoms with Gasteiger partial charge in [0.1, 0.15) is 0 Å². The Hall–Kier alpha value is 1.85. The Balaban J connectivity index is -0.000000120. The second-order valence-corrected chi connectivity index (χ2v) is 3.91. The van der Waals surface area contributed by atoms with E-state index >= 15 is 0 Å². The van der Waals surface area contributed by atoms with E-state index in [0.29, 0.717) is 16.8 Å². The van der Waals surface area contributed by atoms with Gasteiger partial charge >= 0.3 is 0 Å². The summed E-state index contributed by atoms with van der Waals surface area (Å²) >= 11 is 0. The van der Waals surface area contributed by atoms with Gasteiger partial charge in [0.05, 0.1) is 21.1 Å². The molecule has 17 heavy (non-hydrogen) atoms. The second-order valence-electron chi connectivity index (χ2n) is 3.91. The number of nitrogens with zero attached hydrogens (tertiary/aromatic N) is 1. The Morgan fingerprint density at radius 1 is 1.24 bits per heavy atom. The number of carbonyl (C=O) groups excluding carboxylic acids is 1. The topological polar surface area (TPSA) is 81.1 Å². The van der Waals surface area contributed by atoms with Crippen molar-refractivity contribution in [1.29, 1.82) is 0 Å². The molecule has 0 atom stereocenters. The highest BCUT2D eigenvalue weighted by atomic mass is 127. The van der Waals surface area contributed by atoms with Gasteiger partial charge in [-0.1, -0.05) is 0 Å². The van der Waals surface area contributed by atoms with Crippen molar-refractivity contribution in [3.63, 3.8) is 0 Å². The van der Waals surface area contributed by atoms with Gasteiger partial charge in [0.15, 0.2) is 6.67 Å². The van der Waals surface area contributed by atoms with Crippen LogP contribution < -0.4 is 40.8 Å². The minimum absolute atomic E-state index is 0. The van der Waals surface area contributed by atoms with E-state index in [9.17, 15) is 4.79 Å². The van der Waals surface area contributed by atoms with E-state index in [-0.39, 0.29) is 108 Å². The third-order valence-electron chi connectivity index (χ3n) is 1.28. The highest BCUT2D eigenvalue weighted by molar-refractivity contribution is 14.0. The van der Waals surface area contributed by atoms with Crippen LogP contribution in [0.3, 0.4) is 0 Å². The number of carbonyl (C=O) groups is 1. The first-order chi connectivity index (χ1) is 5.85. The molecule has 0 heterocycles. The Morgan fingerprint density at radius 3 is 1.94 bits per heavy atom. The molecule has 0 radical (unpaired) electrons. The smallest absolute Gasteiger partial charge is 0.249 e. The lowest BCUT2D eigenvalue weighted by Gasteiger charge is -2.23. The average molecular weight is 698 g/mol. The summed E-state index contributed by atoms with van der Waals surface area (Å²) in [5, 5.41) is 2.71. The molecule has 0 bridgehead atoms. The van der Waals surface area contributed by atoms with Crippen LogP contribution in [0.15, 0.2) is 11.8 Å². The summed E-state index contributed by atoms with van der Waals surface area (Å²) in [5.74, 6) is -0.198. The largest absolute Gasteiger partial charge is 1.00 e. The number of rotatable bonds is 4. The van der Waals surface area contributed by atoms with Crippen molar-refractivity contribution < 1.29 is 33.3 Å². The first kappa shape index (κ1) is 31.3. The van der Waals surface area contributed by atoms with E-state index in [1.54, 1.807) is 0 Å². The van der Waals surface area contributed by atoms with Gasteiger partial charge in [-0.25, -0.2) is 0 Å². The van der Waals surface area contributed by atoms with Gasteiger partial charge in [-0.3, -0.25) is 4.79 Å². The minimum Gasteiger partial charge on any atom is -1.00 e. The van der Waals surface area contributed by atoms with E-state index in [4.69, 9.17) is 11.5 Å². The molecule has 9 heteroatoms. The van der Waals surface area contributed by atoms with Crippen LogP contribution in [-0.2, 0) is 4.79 Å². The van der Waals surface area contributed by atoms with Gasteiger partial charge < -0.3 is 45.2 Å². The quantitative estimate of drug-likeness (QED) is 0.131. The van der Waals surface area contributed by atoms with Gasteiger partial charge in [0.25, 0.3) is 0 Å². The van der Waals surface area contributed by atoms with Crippen molar-refractivity contribution in [3.8, 4) is 0 Å². The monoisotopic (exact) mass is 698 g/mol. The number of nitrogens with one attached hydrogen (secondary N) is 1. The van der Waals surface area contributed by atoms with Crippen molar-refractivity contribution in [1.82, 2.24) is 5.32 Å². The summed E-state index contributed by atoms with van der Waals surface area (Å²) in [6.07, 6.45) is 1.32.